The summed E-state index contributed by atoms with van der Waals surface area (Å²) in [5.74, 6) is 2.48. The van der Waals surface area contributed by atoms with Gasteiger partial charge in [0, 0.05) is 37.8 Å². The van der Waals surface area contributed by atoms with Crippen molar-refractivity contribution >= 4 is 5.96 Å². The molecular weight excluding hydrogens is 374 g/mol. The van der Waals surface area contributed by atoms with Crippen LogP contribution in [0.5, 0.6) is 11.5 Å². The van der Waals surface area contributed by atoms with E-state index in [-0.39, 0.29) is 6.54 Å². The third-order valence-electron chi connectivity index (χ3n) is 4.70. The summed E-state index contributed by atoms with van der Waals surface area (Å²) in [5, 5.41) is 17.1. The van der Waals surface area contributed by atoms with Crippen molar-refractivity contribution in [3.63, 3.8) is 0 Å². The normalized spacial score (nSPS) is 17.8. The highest BCUT2D eigenvalue weighted by atomic mass is 16.5. The summed E-state index contributed by atoms with van der Waals surface area (Å²) in [5.41, 5.74) is 0.649. The summed E-state index contributed by atoms with van der Waals surface area (Å²) < 4.78 is 21.6. The van der Waals surface area contributed by atoms with Gasteiger partial charge in [0.1, 0.15) is 17.6 Å². The molecule has 0 spiro atoms. The molecule has 0 radical (unpaired) electrons. The molecule has 8 nitrogen and oxygen atoms in total. The van der Waals surface area contributed by atoms with Crippen LogP contribution in [-0.4, -0.2) is 71.3 Å². The molecule has 0 aliphatic carbocycles. The largest absolute Gasteiger partial charge is 0.497 e. The van der Waals surface area contributed by atoms with Gasteiger partial charge in [-0.25, -0.2) is 0 Å². The molecule has 2 atom stereocenters. The van der Waals surface area contributed by atoms with Crippen LogP contribution >= 0.6 is 0 Å². The predicted molar refractivity (Wildman–Crippen MR) is 113 cm³/mol. The van der Waals surface area contributed by atoms with Crippen LogP contribution in [0.1, 0.15) is 31.4 Å². The van der Waals surface area contributed by atoms with E-state index in [1.54, 1.807) is 32.4 Å². The number of hydrogen-bond acceptors (Lipinski definition) is 6. The fourth-order valence-electron chi connectivity index (χ4n) is 3.06. The molecule has 2 unspecified atom stereocenters. The Morgan fingerprint density at radius 1 is 1.31 bits per heavy atom. The zero-order valence-corrected chi connectivity index (χ0v) is 17.8. The third-order valence-corrected chi connectivity index (χ3v) is 4.70. The quantitative estimate of drug-likeness (QED) is 0.275. The van der Waals surface area contributed by atoms with Crippen molar-refractivity contribution in [3.05, 3.63) is 23.8 Å². The van der Waals surface area contributed by atoms with E-state index in [1.807, 2.05) is 6.92 Å². The van der Waals surface area contributed by atoms with Gasteiger partial charge in [0.15, 0.2) is 5.96 Å². The van der Waals surface area contributed by atoms with Crippen LogP contribution in [-0.2, 0) is 9.47 Å². The second-order valence-electron chi connectivity index (χ2n) is 6.93. The molecule has 1 saturated heterocycles. The lowest BCUT2D eigenvalue weighted by Crippen LogP contribution is -2.38. The predicted octanol–water partition coefficient (Wildman–Crippen LogP) is 1.74. The summed E-state index contributed by atoms with van der Waals surface area (Å²) in [6.07, 6.45) is 1.17. The van der Waals surface area contributed by atoms with Crippen LogP contribution in [0.2, 0.25) is 0 Å². The van der Waals surface area contributed by atoms with Gasteiger partial charge in [0.05, 0.1) is 34.0 Å². The van der Waals surface area contributed by atoms with E-state index in [0.717, 1.165) is 45.8 Å². The number of nitrogens with one attached hydrogen (secondary N) is 2. The Labute approximate surface area is 173 Å². The van der Waals surface area contributed by atoms with E-state index in [2.05, 4.69) is 15.6 Å². The Morgan fingerprint density at radius 3 is 2.86 bits per heavy atom. The first-order valence-corrected chi connectivity index (χ1v) is 10.3. The fraction of sp³-hybridized carbons (Fsp3) is 0.667. The van der Waals surface area contributed by atoms with E-state index in [0.29, 0.717) is 35.5 Å². The SMILES string of the molecule is CCNC(=NCC(O)c1cc(OC)ccc1OC)NCCCOCC1CCOC1. The van der Waals surface area contributed by atoms with Gasteiger partial charge in [-0.1, -0.05) is 0 Å². The minimum atomic E-state index is -0.799. The number of methoxy groups -OCH3 is 2. The first kappa shape index (κ1) is 23.3. The average molecular weight is 410 g/mol. The molecule has 1 aliphatic heterocycles. The minimum absolute atomic E-state index is 0.205. The van der Waals surface area contributed by atoms with Crippen LogP contribution in [0.25, 0.3) is 0 Å². The van der Waals surface area contributed by atoms with Gasteiger partial charge in [-0.15, -0.1) is 0 Å². The van der Waals surface area contributed by atoms with Gasteiger partial charge in [0.25, 0.3) is 0 Å². The van der Waals surface area contributed by atoms with E-state index >= 15 is 0 Å². The van der Waals surface area contributed by atoms with Crippen molar-refractivity contribution in [3.8, 4) is 11.5 Å². The van der Waals surface area contributed by atoms with Gasteiger partial charge < -0.3 is 34.7 Å². The minimum Gasteiger partial charge on any atom is -0.497 e. The van der Waals surface area contributed by atoms with Crippen molar-refractivity contribution < 1.29 is 24.1 Å². The molecule has 0 bridgehead atoms. The van der Waals surface area contributed by atoms with Gasteiger partial charge in [-0.05, 0) is 38.0 Å². The summed E-state index contributed by atoms with van der Waals surface area (Å²) in [6.45, 7) is 6.83. The highest BCUT2D eigenvalue weighted by Crippen LogP contribution is 2.29. The van der Waals surface area contributed by atoms with Crippen LogP contribution < -0.4 is 20.1 Å². The summed E-state index contributed by atoms with van der Waals surface area (Å²) in [6, 6.07) is 5.35. The third kappa shape index (κ3) is 8.08. The molecule has 0 aromatic heterocycles. The van der Waals surface area contributed by atoms with E-state index < -0.39 is 6.10 Å². The summed E-state index contributed by atoms with van der Waals surface area (Å²) in [7, 11) is 3.17. The molecular formula is C21H35N3O5. The Balaban J connectivity index is 1.78. The Bertz CT molecular complexity index is 620. The average Bonchev–Trinajstić information content (AvgIpc) is 3.27. The number of ether oxygens (including phenoxy) is 4. The van der Waals surface area contributed by atoms with Crippen molar-refractivity contribution in [1.82, 2.24) is 10.6 Å². The smallest absolute Gasteiger partial charge is 0.191 e. The van der Waals surface area contributed by atoms with Gasteiger partial charge in [0.2, 0.25) is 0 Å². The molecule has 0 amide bonds. The fourth-order valence-corrected chi connectivity index (χ4v) is 3.06. The number of aliphatic hydroxyl groups is 1. The van der Waals surface area contributed by atoms with Crippen molar-refractivity contribution in [2.24, 2.45) is 10.9 Å². The van der Waals surface area contributed by atoms with E-state index in [4.69, 9.17) is 18.9 Å². The van der Waals surface area contributed by atoms with Gasteiger partial charge in [-0.3, -0.25) is 4.99 Å². The number of rotatable bonds is 12. The lowest BCUT2D eigenvalue weighted by Gasteiger charge is -2.16. The molecule has 29 heavy (non-hydrogen) atoms. The lowest BCUT2D eigenvalue weighted by molar-refractivity contribution is 0.0888. The Hall–Kier alpha value is -2.03. The molecule has 1 aliphatic rings. The zero-order chi connectivity index (χ0) is 20.9. The molecule has 0 saturated carbocycles. The zero-order valence-electron chi connectivity index (χ0n) is 17.8. The molecule has 1 aromatic carbocycles. The number of aliphatic hydroxyl groups excluding tert-OH is 1. The monoisotopic (exact) mass is 409 g/mol. The first-order valence-electron chi connectivity index (χ1n) is 10.3. The molecule has 1 fully saturated rings. The first-order chi connectivity index (χ1) is 14.2. The lowest BCUT2D eigenvalue weighted by atomic mass is 10.1. The topological polar surface area (TPSA) is 93.6 Å². The number of guanidine groups is 1. The maximum Gasteiger partial charge on any atom is 0.191 e. The van der Waals surface area contributed by atoms with Crippen molar-refractivity contribution in [1.29, 1.82) is 0 Å². The van der Waals surface area contributed by atoms with Crippen LogP contribution in [0, 0.1) is 5.92 Å². The maximum atomic E-state index is 10.6. The second-order valence-corrected chi connectivity index (χ2v) is 6.93. The Morgan fingerprint density at radius 2 is 2.17 bits per heavy atom. The van der Waals surface area contributed by atoms with Gasteiger partial charge >= 0.3 is 0 Å². The van der Waals surface area contributed by atoms with Crippen LogP contribution in [0.15, 0.2) is 23.2 Å². The van der Waals surface area contributed by atoms with Gasteiger partial charge in [-0.2, -0.15) is 0 Å². The molecule has 1 aromatic rings. The van der Waals surface area contributed by atoms with Crippen molar-refractivity contribution in [2.75, 3.05) is 60.3 Å². The summed E-state index contributed by atoms with van der Waals surface area (Å²) >= 11 is 0. The maximum absolute atomic E-state index is 10.6. The van der Waals surface area contributed by atoms with Crippen LogP contribution in [0.3, 0.4) is 0 Å². The number of aliphatic imine (C=N–C) groups is 1. The highest BCUT2D eigenvalue weighted by molar-refractivity contribution is 5.79. The highest BCUT2D eigenvalue weighted by Gasteiger charge is 2.16. The van der Waals surface area contributed by atoms with Crippen molar-refractivity contribution in [2.45, 2.75) is 25.9 Å². The van der Waals surface area contributed by atoms with E-state index in [1.165, 1.54) is 0 Å². The number of hydrogen-bond donors (Lipinski definition) is 3. The number of benzene rings is 1. The summed E-state index contributed by atoms with van der Waals surface area (Å²) in [4.78, 5) is 4.49. The molecule has 164 valence electrons. The molecule has 1 heterocycles. The van der Waals surface area contributed by atoms with E-state index in [9.17, 15) is 5.11 Å². The second kappa shape index (κ2) is 13.2. The molecule has 3 N–H and O–H groups in total. The molecule has 8 heteroatoms. The Kier molecular flexibility index (Phi) is 10.6. The standard InChI is InChI=1S/C21H35N3O5/c1-4-22-21(23-9-5-10-28-14-16-8-11-29-15-16)24-13-19(25)18-12-17(26-2)6-7-20(18)27-3/h6-7,12,16,19,25H,4-5,8-11,13-15H2,1-3H3,(H2,22,23,24). The molecule has 2 rings (SSSR count). The number of nitrogens with zero attached hydrogens (tertiary/aromatic N) is 1. The van der Waals surface area contributed by atoms with Crippen LogP contribution in [0.4, 0.5) is 0 Å².